The highest BCUT2D eigenvalue weighted by Gasteiger charge is 2.14. The van der Waals surface area contributed by atoms with Crippen molar-refractivity contribution in [2.75, 3.05) is 0 Å². The Hall–Kier alpha value is -2.75. The number of rotatable bonds is 4. The van der Waals surface area contributed by atoms with Gasteiger partial charge >= 0.3 is 5.97 Å². The summed E-state index contributed by atoms with van der Waals surface area (Å²) in [4.78, 5) is 11.1. The molecule has 0 aliphatic heterocycles. The maximum atomic E-state index is 11.1. The average molecular weight is 282 g/mol. The van der Waals surface area contributed by atoms with E-state index in [2.05, 4.69) is 0 Å². The van der Waals surface area contributed by atoms with E-state index in [1.54, 1.807) is 12.3 Å². The van der Waals surface area contributed by atoms with Crippen molar-refractivity contribution < 1.29 is 19.1 Å². The van der Waals surface area contributed by atoms with E-state index in [0.717, 1.165) is 16.7 Å². The van der Waals surface area contributed by atoms with Crippen molar-refractivity contribution in [3.63, 3.8) is 0 Å². The molecular formula is C17H14O4. The quantitative estimate of drug-likeness (QED) is 0.785. The molecule has 106 valence electrons. The van der Waals surface area contributed by atoms with E-state index < -0.39 is 5.97 Å². The first-order valence-corrected chi connectivity index (χ1v) is 6.57. The Labute approximate surface area is 121 Å². The van der Waals surface area contributed by atoms with Gasteiger partial charge < -0.3 is 14.3 Å². The highest BCUT2D eigenvalue weighted by Crippen LogP contribution is 2.26. The number of aromatic carboxylic acids is 1. The van der Waals surface area contributed by atoms with Gasteiger partial charge in [-0.15, -0.1) is 0 Å². The third kappa shape index (κ3) is 2.60. The van der Waals surface area contributed by atoms with Gasteiger partial charge in [-0.05, 0) is 25.1 Å². The van der Waals surface area contributed by atoms with Crippen molar-refractivity contribution in [3.8, 4) is 5.75 Å². The molecule has 0 amide bonds. The van der Waals surface area contributed by atoms with E-state index in [9.17, 15) is 4.79 Å². The lowest BCUT2D eigenvalue weighted by molar-refractivity contribution is 0.0698. The van der Waals surface area contributed by atoms with Crippen molar-refractivity contribution in [1.82, 2.24) is 0 Å². The summed E-state index contributed by atoms with van der Waals surface area (Å²) in [5.41, 5.74) is 2.54. The fraction of sp³-hybridized carbons (Fsp3) is 0.118. The van der Waals surface area contributed by atoms with E-state index >= 15 is 0 Å². The van der Waals surface area contributed by atoms with Crippen LogP contribution in [0.25, 0.3) is 11.0 Å². The van der Waals surface area contributed by atoms with Gasteiger partial charge in [0, 0.05) is 10.9 Å². The Balaban J connectivity index is 1.86. The summed E-state index contributed by atoms with van der Waals surface area (Å²) in [5.74, 6) is -0.231. The Kier molecular flexibility index (Phi) is 3.36. The van der Waals surface area contributed by atoms with Crippen LogP contribution in [0.3, 0.4) is 0 Å². The molecule has 3 aromatic rings. The molecule has 4 nitrogen and oxygen atoms in total. The number of fused-ring (bicyclic) bond motifs is 1. The Morgan fingerprint density at radius 2 is 1.95 bits per heavy atom. The minimum Gasteiger partial charge on any atom is -0.489 e. The largest absolute Gasteiger partial charge is 0.489 e. The van der Waals surface area contributed by atoms with Crippen LogP contribution < -0.4 is 4.74 Å². The zero-order valence-electron chi connectivity index (χ0n) is 11.5. The second-order valence-corrected chi connectivity index (χ2v) is 4.85. The third-order valence-electron chi connectivity index (χ3n) is 3.33. The Morgan fingerprint density at radius 3 is 2.67 bits per heavy atom. The first-order valence-electron chi connectivity index (χ1n) is 6.57. The monoisotopic (exact) mass is 282 g/mol. The van der Waals surface area contributed by atoms with Crippen LogP contribution in [0.4, 0.5) is 0 Å². The highest BCUT2D eigenvalue weighted by molar-refractivity contribution is 6.01. The first-order chi connectivity index (χ1) is 10.1. The zero-order chi connectivity index (χ0) is 14.8. The van der Waals surface area contributed by atoms with Gasteiger partial charge in [0.25, 0.3) is 0 Å². The van der Waals surface area contributed by atoms with E-state index in [-0.39, 0.29) is 5.56 Å². The molecule has 0 unspecified atom stereocenters. The number of hydrogen-bond acceptors (Lipinski definition) is 3. The molecular weight excluding hydrogens is 268 g/mol. The van der Waals surface area contributed by atoms with Gasteiger partial charge in [-0.2, -0.15) is 0 Å². The second-order valence-electron chi connectivity index (χ2n) is 4.85. The lowest BCUT2D eigenvalue weighted by atomic mass is 10.1. The van der Waals surface area contributed by atoms with Crippen molar-refractivity contribution in [2.45, 2.75) is 13.5 Å². The summed E-state index contributed by atoms with van der Waals surface area (Å²) in [6, 6.07) is 12.8. The Morgan fingerprint density at radius 1 is 1.19 bits per heavy atom. The summed E-state index contributed by atoms with van der Waals surface area (Å²) < 4.78 is 11.1. The van der Waals surface area contributed by atoms with Crippen molar-refractivity contribution in [3.05, 3.63) is 65.4 Å². The van der Waals surface area contributed by atoms with Gasteiger partial charge in [-0.1, -0.05) is 29.8 Å². The number of carbonyl (C=O) groups is 1. The van der Waals surface area contributed by atoms with Crippen molar-refractivity contribution in [2.24, 2.45) is 0 Å². The van der Waals surface area contributed by atoms with Crippen LogP contribution in [-0.2, 0) is 6.61 Å². The lowest BCUT2D eigenvalue weighted by Crippen LogP contribution is -1.97. The Bertz CT molecular complexity index is 784. The minimum absolute atomic E-state index is 0.161. The van der Waals surface area contributed by atoms with E-state index in [0.29, 0.717) is 12.2 Å². The van der Waals surface area contributed by atoms with Gasteiger partial charge in [0.1, 0.15) is 23.5 Å². The van der Waals surface area contributed by atoms with Crippen LogP contribution in [-0.4, -0.2) is 11.1 Å². The van der Waals surface area contributed by atoms with Gasteiger partial charge in [-0.25, -0.2) is 4.79 Å². The number of furan rings is 1. The third-order valence-corrected chi connectivity index (χ3v) is 3.33. The van der Waals surface area contributed by atoms with Crippen LogP contribution in [0.5, 0.6) is 5.75 Å². The van der Waals surface area contributed by atoms with Crippen LogP contribution in [0.2, 0.25) is 0 Å². The summed E-state index contributed by atoms with van der Waals surface area (Å²) in [7, 11) is 0. The molecule has 0 atom stereocenters. The number of carboxylic acid groups (broad SMARTS) is 1. The summed E-state index contributed by atoms with van der Waals surface area (Å²) in [6.07, 6.45) is 1.55. The average Bonchev–Trinajstić information content (AvgIpc) is 2.89. The molecule has 1 N–H and O–H groups in total. The fourth-order valence-corrected chi connectivity index (χ4v) is 2.19. The highest BCUT2D eigenvalue weighted by atomic mass is 16.5. The minimum atomic E-state index is -0.999. The molecule has 0 saturated heterocycles. The number of para-hydroxylation sites is 1. The van der Waals surface area contributed by atoms with Gasteiger partial charge in [0.15, 0.2) is 0 Å². The van der Waals surface area contributed by atoms with E-state index in [4.69, 9.17) is 14.3 Å². The van der Waals surface area contributed by atoms with E-state index in [1.165, 1.54) is 11.6 Å². The summed E-state index contributed by atoms with van der Waals surface area (Å²) >= 11 is 0. The fourth-order valence-electron chi connectivity index (χ4n) is 2.19. The zero-order valence-corrected chi connectivity index (χ0v) is 11.5. The second kappa shape index (κ2) is 5.32. The van der Waals surface area contributed by atoms with Crippen LogP contribution in [0.15, 0.2) is 53.1 Å². The first kappa shape index (κ1) is 13.2. The molecule has 0 fully saturated rings. The number of hydrogen-bond donors (Lipinski definition) is 1. The molecule has 21 heavy (non-hydrogen) atoms. The van der Waals surface area contributed by atoms with Crippen molar-refractivity contribution in [1.29, 1.82) is 0 Å². The summed E-state index contributed by atoms with van der Waals surface area (Å²) in [6.45, 7) is 2.35. The van der Waals surface area contributed by atoms with E-state index in [1.807, 2.05) is 37.3 Å². The number of benzene rings is 2. The molecule has 0 aliphatic rings. The molecule has 0 bridgehead atoms. The van der Waals surface area contributed by atoms with Crippen molar-refractivity contribution >= 4 is 16.9 Å². The molecule has 1 heterocycles. The summed E-state index contributed by atoms with van der Waals surface area (Å²) in [5, 5.41) is 9.90. The number of aryl methyl sites for hydroxylation is 1. The predicted molar refractivity (Wildman–Crippen MR) is 78.7 cm³/mol. The molecule has 3 rings (SSSR count). The molecule has 4 heteroatoms. The SMILES string of the molecule is Cc1ccc(OCc2coc3c(C(=O)O)cccc23)cc1. The molecule has 0 radical (unpaired) electrons. The topological polar surface area (TPSA) is 59.7 Å². The molecule has 0 aliphatic carbocycles. The normalized spacial score (nSPS) is 10.7. The standard InChI is InChI=1S/C17H14O4/c1-11-5-7-13(8-6-11)20-9-12-10-21-16-14(12)3-2-4-15(16)17(18)19/h2-8,10H,9H2,1H3,(H,18,19). The molecule has 0 saturated carbocycles. The van der Waals surface area contributed by atoms with Gasteiger partial charge in [-0.3, -0.25) is 0 Å². The maximum absolute atomic E-state index is 11.1. The number of carboxylic acids is 1. The van der Waals surface area contributed by atoms with Gasteiger partial charge in [0.2, 0.25) is 0 Å². The lowest BCUT2D eigenvalue weighted by Gasteiger charge is -2.05. The molecule has 0 spiro atoms. The molecule has 1 aromatic heterocycles. The van der Waals surface area contributed by atoms with Gasteiger partial charge in [0.05, 0.1) is 6.26 Å². The smallest absolute Gasteiger partial charge is 0.339 e. The molecule has 2 aromatic carbocycles. The maximum Gasteiger partial charge on any atom is 0.339 e. The van der Waals surface area contributed by atoms with Crippen LogP contribution in [0.1, 0.15) is 21.5 Å². The predicted octanol–water partition coefficient (Wildman–Crippen LogP) is 4.02. The van der Waals surface area contributed by atoms with Crippen LogP contribution >= 0.6 is 0 Å². The number of ether oxygens (including phenoxy) is 1. The van der Waals surface area contributed by atoms with Crippen LogP contribution in [0, 0.1) is 6.92 Å².